The van der Waals surface area contributed by atoms with E-state index in [1.165, 1.54) is 26.4 Å². The number of anilines is 2. The Kier molecular flexibility index (Phi) is 6.61. The predicted octanol–water partition coefficient (Wildman–Crippen LogP) is 4.35. The van der Waals surface area contributed by atoms with E-state index < -0.39 is 12.4 Å². The number of nitrogens with one attached hydrogen (secondary N) is 2. The Morgan fingerprint density at radius 1 is 1.04 bits per heavy atom. The SMILES string of the molecule is COc1cc(C)c(N[C@@H](C)C(=O)Nc2ccc(OC(F)(F)F)cc2)cc1OC. The molecule has 2 aromatic rings. The lowest BCUT2D eigenvalue weighted by Crippen LogP contribution is -2.32. The van der Waals surface area contributed by atoms with Gasteiger partial charge in [0.15, 0.2) is 11.5 Å². The molecule has 0 aliphatic rings. The Hall–Kier alpha value is -3.10. The van der Waals surface area contributed by atoms with Crippen molar-refractivity contribution in [3.8, 4) is 17.2 Å². The summed E-state index contributed by atoms with van der Waals surface area (Å²) in [6, 6.07) is 7.79. The normalized spacial score (nSPS) is 12.1. The van der Waals surface area contributed by atoms with Crippen molar-refractivity contribution in [3.05, 3.63) is 42.0 Å². The first kappa shape index (κ1) is 21.2. The molecule has 0 aliphatic carbocycles. The number of amides is 1. The van der Waals surface area contributed by atoms with Crippen LogP contribution < -0.4 is 24.8 Å². The third-order valence-corrected chi connectivity index (χ3v) is 3.85. The number of carbonyl (C=O) groups excluding carboxylic acids is 1. The molecule has 0 saturated heterocycles. The number of carbonyl (C=O) groups is 1. The highest BCUT2D eigenvalue weighted by molar-refractivity contribution is 5.96. The maximum atomic E-state index is 12.4. The maximum absolute atomic E-state index is 12.4. The molecule has 0 aromatic heterocycles. The van der Waals surface area contributed by atoms with Crippen LogP contribution in [0.25, 0.3) is 0 Å². The second kappa shape index (κ2) is 8.73. The molecule has 28 heavy (non-hydrogen) atoms. The van der Waals surface area contributed by atoms with Crippen molar-refractivity contribution in [3.63, 3.8) is 0 Å². The number of aryl methyl sites for hydroxylation is 1. The molecular formula is C19H21F3N2O4. The summed E-state index contributed by atoms with van der Waals surface area (Å²) in [7, 11) is 3.05. The van der Waals surface area contributed by atoms with Crippen LogP contribution in [0.5, 0.6) is 17.2 Å². The van der Waals surface area contributed by atoms with Gasteiger partial charge in [-0.15, -0.1) is 13.2 Å². The summed E-state index contributed by atoms with van der Waals surface area (Å²) < 4.78 is 50.8. The number of methoxy groups -OCH3 is 2. The number of hydrogen-bond donors (Lipinski definition) is 2. The summed E-state index contributed by atoms with van der Waals surface area (Å²) in [6.07, 6.45) is -4.76. The second-order valence-corrected chi connectivity index (χ2v) is 5.95. The van der Waals surface area contributed by atoms with E-state index in [1.54, 1.807) is 19.1 Å². The summed E-state index contributed by atoms with van der Waals surface area (Å²) >= 11 is 0. The minimum Gasteiger partial charge on any atom is -0.493 e. The molecule has 0 fully saturated rings. The molecule has 152 valence electrons. The Bertz CT molecular complexity index is 823. The van der Waals surface area contributed by atoms with Gasteiger partial charge in [-0.25, -0.2) is 0 Å². The summed E-state index contributed by atoms with van der Waals surface area (Å²) in [4.78, 5) is 12.4. The highest BCUT2D eigenvalue weighted by atomic mass is 19.4. The molecule has 2 N–H and O–H groups in total. The van der Waals surface area contributed by atoms with Crippen molar-refractivity contribution in [2.75, 3.05) is 24.9 Å². The molecule has 0 saturated carbocycles. The van der Waals surface area contributed by atoms with Crippen molar-refractivity contribution in [2.45, 2.75) is 26.3 Å². The lowest BCUT2D eigenvalue weighted by atomic mass is 10.1. The molecule has 2 aromatic carbocycles. The van der Waals surface area contributed by atoms with Gasteiger partial charge < -0.3 is 24.8 Å². The molecule has 0 heterocycles. The van der Waals surface area contributed by atoms with Crippen LogP contribution in [0.15, 0.2) is 36.4 Å². The maximum Gasteiger partial charge on any atom is 0.573 e. The van der Waals surface area contributed by atoms with E-state index in [2.05, 4.69) is 15.4 Å². The van der Waals surface area contributed by atoms with Crippen molar-refractivity contribution in [1.29, 1.82) is 0 Å². The fourth-order valence-corrected chi connectivity index (χ4v) is 2.43. The number of ether oxygens (including phenoxy) is 3. The standard InChI is InChI=1S/C19H21F3N2O4/c1-11-9-16(26-3)17(27-4)10-15(11)23-12(2)18(25)24-13-5-7-14(8-6-13)28-19(20,21)22/h5-10,12,23H,1-4H3,(H,24,25)/t12-/m0/s1. The molecule has 9 heteroatoms. The number of hydrogen-bond acceptors (Lipinski definition) is 5. The van der Waals surface area contributed by atoms with Gasteiger partial charge in [-0.2, -0.15) is 0 Å². The molecule has 1 atom stereocenters. The zero-order chi connectivity index (χ0) is 20.9. The monoisotopic (exact) mass is 398 g/mol. The number of alkyl halides is 3. The first-order valence-electron chi connectivity index (χ1n) is 8.28. The Balaban J connectivity index is 2.03. The first-order valence-corrected chi connectivity index (χ1v) is 8.28. The predicted molar refractivity (Wildman–Crippen MR) is 99.1 cm³/mol. The Morgan fingerprint density at radius 2 is 1.61 bits per heavy atom. The fourth-order valence-electron chi connectivity index (χ4n) is 2.43. The minimum atomic E-state index is -4.76. The van der Waals surface area contributed by atoms with Crippen LogP contribution in [-0.4, -0.2) is 32.5 Å². The average molecular weight is 398 g/mol. The van der Waals surface area contributed by atoms with E-state index in [0.29, 0.717) is 22.9 Å². The molecule has 0 radical (unpaired) electrons. The van der Waals surface area contributed by atoms with E-state index in [1.807, 2.05) is 6.92 Å². The van der Waals surface area contributed by atoms with Crippen molar-refractivity contribution in [2.24, 2.45) is 0 Å². The average Bonchev–Trinajstić information content (AvgIpc) is 2.63. The molecule has 0 bridgehead atoms. The van der Waals surface area contributed by atoms with Crippen LogP contribution in [0, 0.1) is 6.92 Å². The summed E-state index contributed by atoms with van der Waals surface area (Å²) in [5, 5.41) is 5.71. The van der Waals surface area contributed by atoms with Gasteiger partial charge in [0.1, 0.15) is 11.8 Å². The molecular weight excluding hydrogens is 377 g/mol. The van der Waals surface area contributed by atoms with Crippen LogP contribution in [0.4, 0.5) is 24.5 Å². The van der Waals surface area contributed by atoms with Gasteiger partial charge in [0.25, 0.3) is 0 Å². The lowest BCUT2D eigenvalue weighted by Gasteiger charge is -2.19. The van der Waals surface area contributed by atoms with Gasteiger partial charge in [0.2, 0.25) is 5.91 Å². The van der Waals surface area contributed by atoms with Crippen LogP contribution in [-0.2, 0) is 4.79 Å². The topological polar surface area (TPSA) is 68.8 Å². The molecule has 0 unspecified atom stereocenters. The van der Waals surface area contributed by atoms with Crippen molar-refractivity contribution >= 4 is 17.3 Å². The highest BCUT2D eigenvalue weighted by Crippen LogP contribution is 2.33. The number of halogens is 3. The third kappa shape index (κ3) is 5.70. The van der Waals surface area contributed by atoms with Gasteiger partial charge >= 0.3 is 6.36 Å². The van der Waals surface area contributed by atoms with Gasteiger partial charge in [-0.3, -0.25) is 4.79 Å². The van der Waals surface area contributed by atoms with Crippen molar-refractivity contribution < 1.29 is 32.2 Å². The third-order valence-electron chi connectivity index (χ3n) is 3.85. The zero-order valence-electron chi connectivity index (χ0n) is 15.8. The lowest BCUT2D eigenvalue weighted by molar-refractivity contribution is -0.274. The molecule has 2 rings (SSSR count). The van der Waals surface area contributed by atoms with Crippen LogP contribution in [0.2, 0.25) is 0 Å². The van der Waals surface area contributed by atoms with Gasteiger partial charge in [0, 0.05) is 17.4 Å². The van der Waals surface area contributed by atoms with Crippen molar-refractivity contribution in [1.82, 2.24) is 0 Å². The van der Waals surface area contributed by atoms with E-state index in [0.717, 1.165) is 17.7 Å². The van der Waals surface area contributed by atoms with E-state index >= 15 is 0 Å². The summed E-state index contributed by atoms with van der Waals surface area (Å²) in [5.74, 6) is 0.364. The Morgan fingerprint density at radius 3 is 2.14 bits per heavy atom. The first-order chi connectivity index (χ1) is 13.1. The Labute approximate surface area is 160 Å². The van der Waals surface area contributed by atoms with Crippen LogP contribution in [0.1, 0.15) is 12.5 Å². The molecule has 0 aliphatic heterocycles. The molecule has 1 amide bonds. The smallest absolute Gasteiger partial charge is 0.493 e. The largest absolute Gasteiger partial charge is 0.573 e. The summed E-state index contributed by atoms with van der Waals surface area (Å²) in [6.45, 7) is 3.51. The number of rotatable bonds is 7. The zero-order valence-corrected chi connectivity index (χ0v) is 15.8. The molecule has 6 nitrogen and oxygen atoms in total. The molecule has 0 spiro atoms. The number of benzene rings is 2. The van der Waals surface area contributed by atoms with Gasteiger partial charge in [-0.1, -0.05) is 0 Å². The van der Waals surface area contributed by atoms with E-state index in [-0.39, 0.29) is 11.7 Å². The van der Waals surface area contributed by atoms with E-state index in [9.17, 15) is 18.0 Å². The fraction of sp³-hybridized carbons (Fsp3) is 0.316. The van der Waals surface area contributed by atoms with Gasteiger partial charge in [-0.05, 0) is 49.7 Å². The minimum absolute atomic E-state index is 0.345. The van der Waals surface area contributed by atoms with E-state index in [4.69, 9.17) is 9.47 Å². The quantitative estimate of drug-likeness (QED) is 0.726. The highest BCUT2D eigenvalue weighted by Gasteiger charge is 2.31. The summed E-state index contributed by atoms with van der Waals surface area (Å²) in [5.41, 5.74) is 1.89. The van der Waals surface area contributed by atoms with Crippen LogP contribution in [0.3, 0.4) is 0 Å². The second-order valence-electron chi connectivity index (χ2n) is 5.95. The van der Waals surface area contributed by atoms with Crippen LogP contribution >= 0.6 is 0 Å². The van der Waals surface area contributed by atoms with Gasteiger partial charge in [0.05, 0.1) is 14.2 Å².